The molecule has 0 bridgehead atoms. The first-order valence-corrected chi connectivity index (χ1v) is 4.38. The van der Waals surface area contributed by atoms with Crippen molar-refractivity contribution < 1.29 is 9.59 Å². The zero-order chi connectivity index (χ0) is 10.5. The third kappa shape index (κ3) is 2.68. The summed E-state index contributed by atoms with van der Waals surface area (Å²) in [5.41, 5.74) is -1.38. The zero-order valence-corrected chi connectivity index (χ0v) is 8.57. The molecular formula is C9H10Cl2O2. The first-order valence-electron chi connectivity index (χ1n) is 3.63. The second kappa shape index (κ2) is 5.20. The second-order valence-electron chi connectivity index (χ2n) is 2.62. The molecule has 0 fully saturated rings. The van der Waals surface area contributed by atoms with Crippen LogP contribution in [0.2, 0.25) is 0 Å². The van der Waals surface area contributed by atoms with E-state index in [1.807, 2.05) is 0 Å². The van der Waals surface area contributed by atoms with Gasteiger partial charge in [0.25, 0.3) is 0 Å². The van der Waals surface area contributed by atoms with E-state index in [4.69, 9.17) is 23.2 Å². The molecule has 0 aliphatic rings. The summed E-state index contributed by atoms with van der Waals surface area (Å²) in [5, 5.41) is -1.54. The predicted octanol–water partition coefficient (Wildman–Crippen LogP) is 2.66. The van der Waals surface area contributed by atoms with Crippen LogP contribution in [0, 0.1) is 5.41 Å². The second-order valence-corrected chi connectivity index (χ2v) is 3.30. The third-order valence-corrected chi connectivity index (χ3v) is 2.46. The third-order valence-electron chi connectivity index (χ3n) is 1.74. The highest BCUT2D eigenvalue weighted by atomic mass is 35.5. The van der Waals surface area contributed by atoms with Crippen LogP contribution in [0.15, 0.2) is 25.3 Å². The Balaban J connectivity index is 5.02. The SMILES string of the molecule is C=CCC(CC=C)(C(=O)Cl)C(=O)Cl. The van der Waals surface area contributed by atoms with Crippen LogP contribution < -0.4 is 0 Å². The largest absolute Gasteiger partial charge is 0.280 e. The van der Waals surface area contributed by atoms with Crippen LogP contribution in [0.25, 0.3) is 0 Å². The van der Waals surface area contributed by atoms with E-state index in [0.29, 0.717) is 0 Å². The zero-order valence-electron chi connectivity index (χ0n) is 7.06. The molecule has 0 saturated heterocycles. The number of allylic oxidation sites excluding steroid dienone is 2. The highest BCUT2D eigenvalue weighted by Crippen LogP contribution is 2.33. The van der Waals surface area contributed by atoms with E-state index in [1.54, 1.807) is 0 Å². The fraction of sp³-hybridized carbons (Fsp3) is 0.333. The Labute approximate surface area is 87.2 Å². The van der Waals surface area contributed by atoms with Crippen LogP contribution >= 0.6 is 23.2 Å². The normalized spacial score (nSPS) is 10.6. The number of hydrogen-bond donors (Lipinski definition) is 0. The average Bonchev–Trinajstić information content (AvgIpc) is 2.03. The molecule has 0 amide bonds. The van der Waals surface area contributed by atoms with Crippen LogP contribution in [0.4, 0.5) is 0 Å². The number of rotatable bonds is 6. The predicted molar refractivity (Wildman–Crippen MR) is 53.8 cm³/mol. The Morgan fingerprint density at radius 3 is 1.54 bits per heavy atom. The lowest BCUT2D eigenvalue weighted by atomic mass is 9.84. The maximum Gasteiger partial charge on any atom is 0.237 e. The van der Waals surface area contributed by atoms with Crippen LogP contribution in [-0.2, 0) is 9.59 Å². The van der Waals surface area contributed by atoms with Crippen molar-refractivity contribution in [1.29, 1.82) is 0 Å². The van der Waals surface area contributed by atoms with Gasteiger partial charge in [0.2, 0.25) is 10.5 Å². The monoisotopic (exact) mass is 220 g/mol. The first kappa shape index (κ1) is 12.4. The standard InChI is InChI=1S/C9H10Cl2O2/c1-3-5-9(6-4-2,7(10)12)8(11)13/h3-4H,1-2,5-6H2. The van der Waals surface area contributed by atoms with Crippen molar-refractivity contribution in [2.24, 2.45) is 5.41 Å². The number of hydrogen-bond acceptors (Lipinski definition) is 2. The maximum atomic E-state index is 11.1. The van der Waals surface area contributed by atoms with E-state index < -0.39 is 15.9 Å². The van der Waals surface area contributed by atoms with Crippen LogP contribution in [0.3, 0.4) is 0 Å². The van der Waals surface area contributed by atoms with Crippen LogP contribution in [-0.4, -0.2) is 10.5 Å². The number of halogens is 2. The van der Waals surface area contributed by atoms with Crippen molar-refractivity contribution in [1.82, 2.24) is 0 Å². The number of carbonyl (C=O) groups is 2. The molecule has 72 valence electrons. The van der Waals surface area contributed by atoms with Gasteiger partial charge >= 0.3 is 0 Å². The van der Waals surface area contributed by atoms with Gasteiger partial charge < -0.3 is 0 Å². The Morgan fingerprint density at radius 1 is 1.08 bits per heavy atom. The number of carbonyl (C=O) groups excluding carboxylic acids is 2. The van der Waals surface area contributed by atoms with Crippen molar-refractivity contribution in [3.63, 3.8) is 0 Å². The molecule has 0 unspecified atom stereocenters. The molecule has 0 heterocycles. The van der Waals surface area contributed by atoms with Gasteiger partial charge in [0.15, 0.2) is 0 Å². The lowest BCUT2D eigenvalue weighted by molar-refractivity contribution is -0.131. The lowest BCUT2D eigenvalue weighted by Crippen LogP contribution is -2.33. The molecule has 0 aromatic heterocycles. The van der Waals surface area contributed by atoms with Crippen molar-refractivity contribution in [2.45, 2.75) is 12.8 Å². The Bertz CT molecular complexity index is 220. The Morgan fingerprint density at radius 2 is 1.38 bits per heavy atom. The summed E-state index contributed by atoms with van der Waals surface area (Å²) in [6.07, 6.45) is 3.13. The van der Waals surface area contributed by atoms with Crippen molar-refractivity contribution in [2.75, 3.05) is 0 Å². The molecule has 0 radical (unpaired) electrons. The molecule has 0 aromatic carbocycles. The van der Waals surface area contributed by atoms with Crippen LogP contribution in [0.1, 0.15) is 12.8 Å². The highest BCUT2D eigenvalue weighted by Gasteiger charge is 2.41. The van der Waals surface area contributed by atoms with E-state index >= 15 is 0 Å². The van der Waals surface area contributed by atoms with Gasteiger partial charge in [-0.25, -0.2) is 0 Å². The van der Waals surface area contributed by atoms with E-state index in [9.17, 15) is 9.59 Å². The van der Waals surface area contributed by atoms with Crippen molar-refractivity contribution in [3.05, 3.63) is 25.3 Å². The molecule has 0 rings (SSSR count). The molecule has 0 aliphatic heterocycles. The van der Waals surface area contributed by atoms with E-state index in [-0.39, 0.29) is 12.8 Å². The van der Waals surface area contributed by atoms with Crippen molar-refractivity contribution in [3.8, 4) is 0 Å². The van der Waals surface area contributed by atoms with Crippen molar-refractivity contribution >= 4 is 33.7 Å². The molecule has 0 spiro atoms. The minimum absolute atomic E-state index is 0.129. The quantitative estimate of drug-likeness (QED) is 0.392. The van der Waals surface area contributed by atoms with E-state index in [0.717, 1.165) is 0 Å². The van der Waals surface area contributed by atoms with Gasteiger partial charge in [-0.1, -0.05) is 12.2 Å². The minimum Gasteiger partial charge on any atom is -0.280 e. The average molecular weight is 221 g/mol. The molecular weight excluding hydrogens is 211 g/mol. The molecule has 4 heteroatoms. The summed E-state index contributed by atoms with van der Waals surface area (Å²) in [6.45, 7) is 6.87. The highest BCUT2D eigenvalue weighted by molar-refractivity contribution is 6.74. The summed E-state index contributed by atoms with van der Waals surface area (Å²) >= 11 is 10.6. The summed E-state index contributed by atoms with van der Waals surface area (Å²) in [5.74, 6) is 0. The molecule has 0 saturated carbocycles. The first-order chi connectivity index (χ1) is 6.01. The van der Waals surface area contributed by atoms with Gasteiger partial charge in [0.1, 0.15) is 5.41 Å². The molecule has 2 nitrogen and oxygen atoms in total. The smallest absolute Gasteiger partial charge is 0.237 e. The molecule has 13 heavy (non-hydrogen) atoms. The summed E-state index contributed by atoms with van der Waals surface area (Å²) in [7, 11) is 0. The van der Waals surface area contributed by atoms with Gasteiger partial charge in [-0.2, -0.15) is 0 Å². The summed E-state index contributed by atoms with van der Waals surface area (Å²) in [6, 6.07) is 0. The fourth-order valence-corrected chi connectivity index (χ4v) is 1.50. The Hall–Kier alpha value is -0.600. The summed E-state index contributed by atoms with van der Waals surface area (Å²) < 4.78 is 0. The minimum atomic E-state index is -1.38. The van der Waals surface area contributed by atoms with E-state index in [2.05, 4.69) is 13.2 Å². The summed E-state index contributed by atoms with van der Waals surface area (Å²) in [4.78, 5) is 22.1. The fourth-order valence-electron chi connectivity index (χ4n) is 0.974. The van der Waals surface area contributed by atoms with Gasteiger partial charge in [-0.15, -0.1) is 13.2 Å². The molecule has 0 aliphatic carbocycles. The molecule has 0 aromatic rings. The molecule has 0 atom stereocenters. The Kier molecular flexibility index (Phi) is 4.96. The van der Waals surface area contributed by atoms with Crippen LogP contribution in [0.5, 0.6) is 0 Å². The van der Waals surface area contributed by atoms with Gasteiger partial charge in [-0.3, -0.25) is 9.59 Å². The van der Waals surface area contributed by atoms with Gasteiger partial charge in [0.05, 0.1) is 0 Å². The molecule has 0 N–H and O–H groups in total. The lowest BCUT2D eigenvalue weighted by Gasteiger charge is -2.22. The topological polar surface area (TPSA) is 34.1 Å². The van der Waals surface area contributed by atoms with Gasteiger partial charge in [-0.05, 0) is 36.0 Å². The van der Waals surface area contributed by atoms with Gasteiger partial charge in [0, 0.05) is 0 Å². The van der Waals surface area contributed by atoms with E-state index in [1.165, 1.54) is 12.2 Å². The maximum absolute atomic E-state index is 11.1.